The normalized spacial score (nSPS) is 19.1. The number of thioether (sulfide) groups is 1. The zero-order chi connectivity index (χ0) is 14.8. The number of para-hydroxylation sites is 1. The molecule has 1 aromatic heterocycles. The number of aliphatic hydroxyl groups is 1. The Labute approximate surface area is 129 Å². The Morgan fingerprint density at radius 1 is 1.38 bits per heavy atom. The lowest BCUT2D eigenvalue weighted by molar-refractivity contribution is 0.0461. The van der Waals surface area contributed by atoms with Crippen LogP contribution in [0.3, 0.4) is 0 Å². The molecule has 0 fully saturated rings. The van der Waals surface area contributed by atoms with E-state index in [1.807, 2.05) is 41.2 Å². The van der Waals surface area contributed by atoms with Crippen LogP contribution in [0.2, 0.25) is 0 Å². The molecule has 4 nitrogen and oxygen atoms in total. The minimum absolute atomic E-state index is 0.186. The fourth-order valence-electron chi connectivity index (χ4n) is 2.34. The first-order valence-electron chi connectivity index (χ1n) is 7.24. The second-order valence-electron chi connectivity index (χ2n) is 5.57. The quantitative estimate of drug-likeness (QED) is 0.943. The number of rotatable bonds is 4. The van der Waals surface area contributed by atoms with E-state index in [2.05, 4.69) is 18.9 Å². The van der Waals surface area contributed by atoms with Gasteiger partial charge in [0.15, 0.2) is 0 Å². The summed E-state index contributed by atoms with van der Waals surface area (Å²) in [4.78, 5) is 1.14. The SMILES string of the molecule is CC(C)n1ccc(CC(O)C2CSc3ccccc3O2)n1. The molecule has 2 atom stereocenters. The molecular weight excluding hydrogens is 284 g/mol. The Morgan fingerprint density at radius 2 is 2.19 bits per heavy atom. The Hall–Kier alpha value is -1.46. The summed E-state index contributed by atoms with van der Waals surface area (Å²) in [5.74, 6) is 1.63. The maximum Gasteiger partial charge on any atom is 0.134 e. The second kappa shape index (κ2) is 6.12. The van der Waals surface area contributed by atoms with Crippen LogP contribution in [0.5, 0.6) is 5.75 Å². The topological polar surface area (TPSA) is 47.3 Å². The second-order valence-corrected chi connectivity index (χ2v) is 6.63. The van der Waals surface area contributed by atoms with Crippen molar-refractivity contribution in [2.24, 2.45) is 0 Å². The molecular formula is C16H20N2O2S. The molecule has 0 amide bonds. The van der Waals surface area contributed by atoms with E-state index in [0.717, 1.165) is 22.1 Å². The van der Waals surface area contributed by atoms with Crippen LogP contribution in [0.1, 0.15) is 25.6 Å². The molecule has 0 spiro atoms. The average molecular weight is 304 g/mol. The summed E-state index contributed by atoms with van der Waals surface area (Å²) in [7, 11) is 0. The zero-order valence-corrected chi connectivity index (χ0v) is 13.1. The molecule has 112 valence electrons. The third-order valence-electron chi connectivity index (χ3n) is 3.57. The summed E-state index contributed by atoms with van der Waals surface area (Å²) >= 11 is 1.74. The van der Waals surface area contributed by atoms with Crippen molar-refractivity contribution in [2.75, 3.05) is 5.75 Å². The van der Waals surface area contributed by atoms with Crippen molar-refractivity contribution < 1.29 is 9.84 Å². The Kier molecular flexibility index (Phi) is 4.22. The largest absolute Gasteiger partial charge is 0.486 e. The lowest BCUT2D eigenvalue weighted by atomic mass is 10.1. The third kappa shape index (κ3) is 3.24. The predicted octanol–water partition coefficient (Wildman–Crippen LogP) is 2.92. The fraction of sp³-hybridized carbons (Fsp3) is 0.438. The van der Waals surface area contributed by atoms with E-state index in [1.54, 1.807) is 11.8 Å². The van der Waals surface area contributed by atoms with Crippen LogP contribution in [0.4, 0.5) is 0 Å². The van der Waals surface area contributed by atoms with Gasteiger partial charge >= 0.3 is 0 Å². The van der Waals surface area contributed by atoms with Gasteiger partial charge in [-0.2, -0.15) is 5.10 Å². The number of hydrogen-bond donors (Lipinski definition) is 1. The van der Waals surface area contributed by atoms with Gasteiger partial charge in [0.2, 0.25) is 0 Å². The van der Waals surface area contributed by atoms with Crippen molar-refractivity contribution in [1.82, 2.24) is 9.78 Å². The molecule has 1 aromatic carbocycles. The van der Waals surface area contributed by atoms with E-state index >= 15 is 0 Å². The van der Waals surface area contributed by atoms with Crippen LogP contribution in [-0.2, 0) is 6.42 Å². The van der Waals surface area contributed by atoms with Crippen LogP contribution in [0.25, 0.3) is 0 Å². The fourth-order valence-corrected chi connectivity index (χ4v) is 3.41. The highest BCUT2D eigenvalue weighted by Crippen LogP contribution is 2.35. The van der Waals surface area contributed by atoms with Crippen LogP contribution in [0.15, 0.2) is 41.4 Å². The maximum atomic E-state index is 10.4. The van der Waals surface area contributed by atoms with Crippen molar-refractivity contribution in [3.63, 3.8) is 0 Å². The van der Waals surface area contributed by atoms with Gasteiger partial charge in [-0.25, -0.2) is 0 Å². The van der Waals surface area contributed by atoms with Crippen molar-refractivity contribution in [2.45, 2.75) is 43.4 Å². The van der Waals surface area contributed by atoms with E-state index in [1.165, 1.54) is 0 Å². The summed E-state index contributed by atoms with van der Waals surface area (Å²) in [5.41, 5.74) is 0.906. The first-order valence-corrected chi connectivity index (χ1v) is 8.22. The van der Waals surface area contributed by atoms with Gasteiger partial charge in [0, 0.05) is 29.3 Å². The molecule has 0 saturated carbocycles. The Balaban J connectivity index is 1.65. The Morgan fingerprint density at radius 3 is 2.95 bits per heavy atom. The van der Waals surface area contributed by atoms with Gasteiger partial charge in [0.1, 0.15) is 11.9 Å². The first-order chi connectivity index (χ1) is 10.1. The number of aliphatic hydroxyl groups excluding tert-OH is 1. The van der Waals surface area contributed by atoms with Crippen molar-refractivity contribution in [1.29, 1.82) is 0 Å². The summed E-state index contributed by atoms with van der Waals surface area (Å²) in [6, 6.07) is 10.3. The molecule has 0 bridgehead atoms. The molecule has 0 aliphatic carbocycles. The number of aromatic nitrogens is 2. The van der Waals surface area contributed by atoms with Gasteiger partial charge < -0.3 is 9.84 Å². The third-order valence-corrected chi connectivity index (χ3v) is 4.71. The van der Waals surface area contributed by atoms with Crippen LogP contribution in [0, 0.1) is 0 Å². The molecule has 2 heterocycles. The summed E-state index contributed by atoms with van der Waals surface area (Å²) < 4.78 is 7.83. The minimum atomic E-state index is -0.540. The van der Waals surface area contributed by atoms with Gasteiger partial charge in [-0.1, -0.05) is 12.1 Å². The van der Waals surface area contributed by atoms with Gasteiger partial charge in [-0.15, -0.1) is 11.8 Å². The monoisotopic (exact) mass is 304 g/mol. The van der Waals surface area contributed by atoms with Gasteiger partial charge in [-0.3, -0.25) is 4.68 Å². The molecule has 3 rings (SSSR count). The molecule has 1 aliphatic rings. The molecule has 2 unspecified atom stereocenters. The number of nitrogens with zero attached hydrogens (tertiary/aromatic N) is 2. The molecule has 0 radical (unpaired) electrons. The van der Waals surface area contributed by atoms with E-state index in [-0.39, 0.29) is 6.10 Å². The minimum Gasteiger partial charge on any atom is -0.486 e. The predicted molar refractivity (Wildman–Crippen MR) is 83.9 cm³/mol. The number of fused-ring (bicyclic) bond motifs is 1. The van der Waals surface area contributed by atoms with Crippen LogP contribution < -0.4 is 4.74 Å². The van der Waals surface area contributed by atoms with E-state index in [4.69, 9.17) is 4.74 Å². The summed E-state index contributed by atoms with van der Waals surface area (Å²) in [5, 5.41) is 14.9. The molecule has 1 N–H and O–H groups in total. The smallest absolute Gasteiger partial charge is 0.134 e. The van der Waals surface area contributed by atoms with E-state index in [9.17, 15) is 5.11 Å². The lowest BCUT2D eigenvalue weighted by Gasteiger charge is -2.28. The highest BCUT2D eigenvalue weighted by atomic mass is 32.2. The number of hydrogen-bond acceptors (Lipinski definition) is 4. The number of benzene rings is 1. The standard InChI is InChI=1S/C16H20N2O2S/c1-11(2)18-8-7-12(17-18)9-13(19)15-10-21-16-6-4-3-5-14(16)20-15/h3-8,11,13,15,19H,9-10H2,1-2H3. The molecule has 2 aromatic rings. The summed E-state index contributed by atoms with van der Waals surface area (Å²) in [6.45, 7) is 4.18. The van der Waals surface area contributed by atoms with Crippen LogP contribution >= 0.6 is 11.8 Å². The van der Waals surface area contributed by atoms with Crippen molar-refractivity contribution in [3.05, 3.63) is 42.2 Å². The molecule has 1 aliphatic heterocycles. The van der Waals surface area contributed by atoms with Crippen molar-refractivity contribution >= 4 is 11.8 Å². The molecule has 5 heteroatoms. The average Bonchev–Trinajstić information content (AvgIpc) is 2.95. The summed E-state index contributed by atoms with van der Waals surface area (Å²) in [6.07, 6.45) is 1.75. The van der Waals surface area contributed by atoms with E-state index in [0.29, 0.717) is 12.5 Å². The van der Waals surface area contributed by atoms with Crippen LogP contribution in [-0.4, -0.2) is 32.8 Å². The van der Waals surface area contributed by atoms with Gasteiger partial charge in [-0.05, 0) is 32.0 Å². The van der Waals surface area contributed by atoms with E-state index < -0.39 is 6.10 Å². The Bertz CT molecular complexity index is 612. The number of ether oxygens (including phenoxy) is 1. The van der Waals surface area contributed by atoms with Crippen molar-refractivity contribution in [3.8, 4) is 5.75 Å². The highest BCUT2D eigenvalue weighted by Gasteiger charge is 2.27. The first kappa shape index (κ1) is 14.5. The highest BCUT2D eigenvalue weighted by molar-refractivity contribution is 7.99. The zero-order valence-electron chi connectivity index (χ0n) is 12.3. The maximum absolute atomic E-state index is 10.4. The van der Waals surface area contributed by atoms with Gasteiger partial charge in [0.25, 0.3) is 0 Å². The molecule has 0 saturated heterocycles. The molecule has 21 heavy (non-hydrogen) atoms. The van der Waals surface area contributed by atoms with Gasteiger partial charge in [0.05, 0.1) is 11.8 Å². The lowest BCUT2D eigenvalue weighted by Crippen LogP contribution is -2.37.